The van der Waals surface area contributed by atoms with Crippen LogP contribution >= 0.6 is 0 Å². The molecular formula is C36H37N5O2. The van der Waals surface area contributed by atoms with E-state index in [-0.39, 0.29) is 0 Å². The Balaban J connectivity index is 1.53. The van der Waals surface area contributed by atoms with E-state index in [1.54, 1.807) is 0 Å². The van der Waals surface area contributed by atoms with Crippen molar-refractivity contribution in [2.75, 3.05) is 0 Å². The van der Waals surface area contributed by atoms with Crippen LogP contribution < -0.4 is 0 Å². The number of pyridine rings is 1. The molecule has 0 spiro atoms. The molecule has 43 heavy (non-hydrogen) atoms. The summed E-state index contributed by atoms with van der Waals surface area (Å²) < 4.78 is 4.38. The van der Waals surface area contributed by atoms with Gasteiger partial charge in [-0.25, -0.2) is 19.7 Å². The molecule has 6 aromatic rings. The fourth-order valence-electron chi connectivity index (χ4n) is 6.09. The standard InChI is InChI=1S/C36H37N5O2/c1-4-6-7-11-22-40-34(39-29-16-12-21-37-35(29)40)26-17-19-28-31(23-26)41(32(38-28)13-5-2)30-20-18-27(25-14-9-8-10-15-25)33(24(30)3)36(42)43/h8-10,12,14-21,23H,4-7,11,13,22H2,1-3H3,(H,42,43). The van der Waals surface area contributed by atoms with Gasteiger partial charge in [-0.1, -0.05) is 69.5 Å². The Morgan fingerprint density at radius 3 is 2.44 bits per heavy atom. The zero-order chi connectivity index (χ0) is 29.9. The summed E-state index contributed by atoms with van der Waals surface area (Å²) in [5.74, 6) is 0.861. The molecule has 0 saturated carbocycles. The molecule has 3 aromatic carbocycles. The molecule has 0 radical (unpaired) electrons. The molecule has 0 saturated heterocycles. The van der Waals surface area contributed by atoms with Gasteiger partial charge < -0.3 is 9.67 Å². The minimum Gasteiger partial charge on any atom is -0.478 e. The van der Waals surface area contributed by atoms with Crippen LogP contribution in [0.4, 0.5) is 0 Å². The average molecular weight is 572 g/mol. The summed E-state index contributed by atoms with van der Waals surface area (Å²) in [6.45, 7) is 7.11. The first-order valence-electron chi connectivity index (χ1n) is 15.3. The molecule has 7 nitrogen and oxygen atoms in total. The van der Waals surface area contributed by atoms with E-state index < -0.39 is 5.97 Å². The number of carboxylic acids is 1. The molecule has 0 bridgehead atoms. The van der Waals surface area contributed by atoms with E-state index in [0.29, 0.717) is 16.7 Å². The molecule has 7 heteroatoms. The number of rotatable bonds is 11. The van der Waals surface area contributed by atoms with Crippen molar-refractivity contribution in [1.82, 2.24) is 24.1 Å². The minimum atomic E-state index is -0.940. The number of aromatic nitrogens is 5. The van der Waals surface area contributed by atoms with Gasteiger partial charge in [0.25, 0.3) is 0 Å². The van der Waals surface area contributed by atoms with Crippen LogP contribution in [0.1, 0.15) is 67.7 Å². The zero-order valence-electron chi connectivity index (χ0n) is 25.0. The van der Waals surface area contributed by atoms with E-state index in [1.807, 2.05) is 67.7 Å². The average Bonchev–Trinajstić information content (AvgIpc) is 3.57. The number of carbonyl (C=O) groups is 1. The summed E-state index contributed by atoms with van der Waals surface area (Å²) in [7, 11) is 0. The largest absolute Gasteiger partial charge is 0.478 e. The normalized spacial score (nSPS) is 11.5. The summed E-state index contributed by atoms with van der Waals surface area (Å²) in [6.07, 6.45) is 8.14. The summed E-state index contributed by atoms with van der Waals surface area (Å²) in [5, 5.41) is 10.4. The quantitative estimate of drug-likeness (QED) is 0.157. The smallest absolute Gasteiger partial charge is 0.336 e. The molecule has 0 aliphatic carbocycles. The van der Waals surface area contributed by atoms with E-state index in [1.165, 1.54) is 19.3 Å². The molecule has 6 rings (SSSR count). The van der Waals surface area contributed by atoms with Gasteiger partial charge in [0.2, 0.25) is 0 Å². The number of aromatic carboxylic acids is 1. The molecule has 0 aliphatic heterocycles. The molecule has 0 amide bonds. The van der Waals surface area contributed by atoms with Crippen LogP contribution in [0.3, 0.4) is 0 Å². The predicted molar refractivity (Wildman–Crippen MR) is 173 cm³/mol. The van der Waals surface area contributed by atoms with Gasteiger partial charge >= 0.3 is 5.97 Å². The Morgan fingerprint density at radius 1 is 0.837 bits per heavy atom. The van der Waals surface area contributed by atoms with Crippen molar-refractivity contribution in [3.63, 3.8) is 0 Å². The first-order valence-corrected chi connectivity index (χ1v) is 15.3. The number of nitrogens with zero attached hydrogens (tertiary/aromatic N) is 5. The maximum Gasteiger partial charge on any atom is 0.336 e. The second kappa shape index (κ2) is 12.2. The number of hydrogen-bond donors (Lipinski definition) is 1. The lowest BCUT2D eigenvalue weighted by atomic mass is 9.94. The molecule has 1 N–H and O–H groups in total. The van der Waals surface area contributed by atoms with Crippen LogP contribution in [-0.2, 0) is 13.0 Å². The van der Waals surface area contributed by atoms with E-state index in [9.17, 15) is 9.90 Å². The van der Waals surface area contributed by atoms with Gasteiger partial charge in [0, 0.05) is 24.7 Å². The molecule has 3 aromatic heterocycles. The maximum absolute atomic E-state index is 12.7. The lowest BCUT2D eigenvalue weighted by Crippen LogP contribution is -2.09. The van der Waals surface area contributed by atoms with Crippen LogP contribution in [0.15, 0.2) is 79.0 Å². The van der Waals surface area contributed by atoms with E-state index >= 15 is 0 Å². The van der Waals surface area contributed by atoms with Crippen molar-refractivity contribution >= 4 is 28.2 Å². The predicted octanol–water partition coefficient (Wildman–Crippen LogP) is 8.64. The minimum absolute atomic E-state index is 0.309. The Morgan fingerprint density at radius 2 is 1.67 bits per heavy atom. The summed E-state index contributed by atoms with van der Waals surface area (Å²) in [5.41, 5.74) is 8.02. The molecular weight excluding hydrogens is 534 g/mol. The number of fused-ring (bicyclic) bond motifs is 2. The van der Waals surface area contributed by atoms with Crippen LogP contribution in [0.25, 0.3) is 50.4 Å². The van der Waals surface area contributed by atoms with Crippen molar-refractivity contribution in [2.24, 2.45) is 0 Å². The highest BCUT2D eigenvalue weighted by Gasteiger charge is 2.22. The van der Waals surface area contributed by atoms with Gasteiger partial charge in [-0.05, 0) is 72.9 Å². The van der Waals surface area contributed by atoms with Crippen LogP contribution in [0.5, 0.6) is 0 Å². The Kier molecular flexibility index (Phi) is 8.05. The first-order chi connectivity index (χ1) is 21.0. The summed E-state index contributed by atoms with van der Waals surface area (Å²) in [4.78, 5) is 27.4. The highest BCUT2D eigenvalue weighted by molar-refractivity contribution is 5.99. The zero-order valence-corrected chi connectivity index (χ0v) is 25.0. The van der Waals surface area contributed by atoms with Gasteiger partial charge in [-0.2, -0.15) is 0 Å². The second-order valence-corrected chi connectivity index (χ2v) is 11.1. The number of hydrogen-bond acceptors (Lipinski definition) is 4. The van der Waals surface area contributed by atoms with Crippen molar-refractivity contribution in [3.8, 4) is 28.2 Å². The highest BCUT2D eigenvalue weighted by Crippen LogP contribution is 2.34. The summed E-state index contributed by atoms with van der Waals surface area (Å²) >= 11 is 0. The van der Waals surface area contributed by atoms with Crippen molar-refractivity contribution < 1.29 is 9.90 Å². The Hall–Kier alpha value is -4.78. The molecule has 218 valence electrons. The number of carboxylic acid groups (broad SMARTS) is 1. The SMILES string of the molecule is CCCCCCn1c(-c2ccc3nc(CCC)n(-c4ccc(-c5ccccc5)c(C(=O)O)c4C)c3c2)nc2cccnc21. The van der Waals surface area contributed by atoms with Gasteiger partial charge in [0.15, 0.2) is 5.65 Å². The fraction of sp³-hybridized carbons (Fsp3) is 0.278. The number of benzene rings is 3. The van der Waals surface area contributed by atoms with Gasteiger partial charge in [-0.3, -0.25) is 4.57 Å². The third kappa shape index (κ3) is 5.31. The first kappa shape index (κ1) is 28.3. The van der Waals surface area contributed by atoms with Gasteiger partial charge in [-0.15, -0.1) is 0 Å². The lowest BCUT2D eigenvalue weighted by Gasteiger charge is -2.17. The number of imidazole rings is 2. The van der Waals surface area contributed by atoms with Crippen molar-refractivity contribution in [2.45, 2.75) is 65.8 Å². The third-order valence-corrected chi connectivity index (χ3v) is 8.17. The van der Waals surface area contributed by atoms with Crippen LogP contribution in [0.2, 0.25) is 0 Å². The Bertz CT molecular complexity index is 1920. The molecule has 0 unspecified atom stereocenters. The monoisotopic (exact) mass is 571 g/mol. The highest BCUT2D eigenvalue weighted by atomic mass is 16.4. The topological polar surface area (TPSA) is 85.8 Å². The molecule has 0 atom stereocenters. The van der Waals surface area contributed by atoms with E-state index in [4.69, 9.17) is 9.97 Å². The number of unbranched alkanes of at least 4 members (excludes halogenated alkanes) is 3. The van der Waals surface area contributed by atoms with Crippen LogP contribution in [0, 0.1) is 6.92 Å². The van der Waals surface area contributed by atoms with Gasteiger partial charge in [0.1, 0.15) is 17.2 Å². The number of aryl methyl sites for hydroxylation is 2. The maximum atomic E-state index is 12.7. The third-order valence-electron chi connectivity index (χ3n) is 8.17. The van der Waals surface area contributed by atoms with Crippen molar-refractivity contribution in [3.05, 3.63) is 95.9 Å². The fourth-order valence-corrected chi connectivity index (χ4v) is 6.09. The summed E-state index contributed by atoms with van der Waals surface area (Å²) in [6, 6.07) is 23.9. The van der Waals surface area contributed by atoms with Crippen molar-refractivity contribution in [1.29, 1.82) is 0 Å². The lowest BCUT2D eigenvalue weighted by molar-refractivity contribution is 0.0697. The van der Waals surface area contributed by atoms with Gasteiger partial charge in [0.05, 0.1) is 22.3 Å². The Labute approximate surface area is 251 Å². The molecule has 0 fully saturated rings. The van der Waals surface area contributed by atoms with Crippen LogP contribution in [-0.4, -0.2) is 35.2 Å². The molecule has 0 aliphatic rings. The van der Waals surface area contributed by atoms with E-state index in [0.717, 1.165) is 76.5 Å². The molecule has 3 heterocycles. The van der Waals surface area contributed by atoms with E-state index in [2.05, 4.69) is 46.2 Å². The second-order valence-electron chi connectivity index (χ2n) is 11.1.